The molecule has 2 nitrogen and oxygen atoms in total. The molecule has 17 heavy (non-hydrogen) atoms. The molecule has 0 atom stereocenters. The minimum atomic E-state index is -0.134. The van der Waals surface area contributed by atoms with Crippen LogP contribution in [0.1, 0.15) is 15.9 Å². The molecule has 2 rings (SSSR count). The smallest absolute Gasteiger partial charge is 0.252 e. The normalized spacial score (nSPS) is 10.2. The SMILES string of the molecule is O=C(NCc1ccsc1)c1cc(Cl)ccc1Br. The first kappa shape index (κ1) is 12.6. The van der Waals surface area contributed by atoms with E-state index >= 15 is 0 Å². The van der Waals surface area contributed by atoms with Gasteiger partial charge in [-0.3, -0.25) is 4.79 Å². The number of halogens is 2. The average molecular weight is 331 g/mol. The van der Waals surface area contributed by atoms with Gasteiger partial charge in [0.1, 0.15) is 0 Å². The number of rotatable bonds is 3. The Balaban J connectivity index is 2.07. The predicted octanol–water partition coefficient (Wildman–Crippen LogP) is 4.09. The van der Waals surface area contributed by atoms with E-state index in [-0.39, 0.29) is 5.91 Å². The molecular formula is C12H9BrClNOS. The van der Waals surface area contributed by atoms with E-state index in [0.717, 1.165) is 10.0 Å². The topological polar surface area (TPSA) is 29.1 Å². The molecule has 0 aliphatic rings. The van der Waals surface area contributed by atoms with Gasteiger partial charge in [-0.25, -0.2) is 0 Å². The zero-order chi connectivity index (χ0) is 12.3. The summed E-state index contributed by atoms with van der Waals surface area (Å²) < 4.78 is 0.740. The molecule has 1 aromatic heterocycles. The standard InChI is InChI=1S/C12H9BrClNOS/c13-11-2-1-9(14)5-10(11)12(16)15-6-8-3-4-17-7-8/h1-5,7H,6H2,(H,15,16). The summed E-state index contributed by atoms with van der Waals surface area (Å²) >= 11 is 10.8. The first-order valence-corrected chi connectivity index (χ1v) is 7.02. The number of thiophene rings is 1. The third kappa shape index (κ3) is 3.31. The third-order valence-corrected chi connectivity index (χ3v) is 3.86. The number of carbonyl (C=O) groups is 1. The quantitative estimate of drug-likeness (QED) is 0.902. The van der Waals surface area contributed by atoms with Crippen molar-refractivity contribution in [2.45, 2.75) is 6.54 Å². The van der Waals surface area contributed by atoms with Gasteiger partial charge in [-0.15, -0.1) is 0 Å². The highest BCUT2D eigenvalue weighted by Gasteiger charge is 2.10. The van der Waals surface area contributed by atoms with Crippen molar-refractivity contribution in [2.75, 3.05) is 0 Å². The molecule has 88 valence electrons. The van der Waals surface area contributed by atoms with Gasteiger partial charge in [0.15, 0.2) is 0 Å². The summed E-state index contributed by atoms with van der Waals surface area (Å²) in [7, 11) is 0. The number of hydrogen-bond donors (Lipinski definition) is 1. The van der Waals surface area contributed by atoms with E-state index in [9.17, 15) is 4.79 Å². The lowest BCUT2D eigenvalue weighted by molar-refractivity contribution is 0.0950. The maximum Gasteiger partial charge on any atom is 0.252 e. The van der Waals surface area contributed by atoms with E-state index in [1.807, 2.05) is 16.8 Å². The highest BCUT2D eigenvalue weighted by atomic mass is 79.9. The fourth-order valence-corrected chi connectivity index (χ4v) is 2.61. The molecule has 0 aliphatic carbocycles. The Kier molecular flexibility index (Phi) is 4.20. The predicted molar refractivity (Wildman–Crippen MR) is 74.6 cm³/mol. The van der Waals surface area contributed by atoms with Gasteiger partial charge < -0.3 is 5.32 Å². The molecule has 0 radical (unpaired) electrons. The number of nitrogens with one attached hydrogen (secondary N) is 1. The van der Waals surface area contributed by atoms with Crippen molar-refractivity contribution in [3.8, 4) is 0 Å². The first-order valence-electron chi connectivity index (χ1n) is 4.91. The summed E-state index contributed by atoms with van der Waals surface area (Å²) in [6.07, 6.45) is 0. The lowest BCUT2D eigenvalue weighted by atomic mass is 10.2. The fraction of sp³-hybridized carbons (Fsp3) is 0.0833. The molecule has 0 bridgehead atoms. The molecule has 1 aromatic carbocycles. The average Bonchev–Trinajstić information content (AvgIpc) is 2.82. The van der Waals surface area contributed by atoms with Crippen LogP contribution in [0.4, 0.5) is 0 Å². The van der Waals surface area contributed by atoms with E-state index in [1.54, 1.807) is 29.5 Å². The highest BCUT2D eigenvalue weighted by Crippen LogP contribution is 2.21. The van der Waals surface area contributed by atoms with Crippen LogP contribution in [-0.2, 0) is 6.54 Å². The summed E-state index contributed by atoms with van der Waals surface area (Å²) in [6, 6.07) is 7.13. The van der Waals surface area contributed by atoms with Crippen LogP contribution in [0.15, 0.2) is 39.5 Å². The second-order valence-corrected chi connectivity index (χ2v) is 5.51. The third-order valence-electron chi connectivity index (χ3n) is 2.21. The fourth-order valence-electron chi connectivity index (χ4n) is 1.34. The molecule has 1 heterocycles. The minimum Gasteiger partial charge on any atom is -0.348 e. The molecule has 1 N–H and O–H groups in total. The minimum absolute atomic E-state index is 0.134. The molecule has 0 unspecified atom stereocenters. The maximum absolute atomic E-state index is 11.9. The first-order chi connectivity index (χ1) is 8.16. The second-order valence-electron chi connectivity index (χ2n) is 3.44. The van der Waals surface area contributed by atoms with E-state index in [4.69, 9.17) is 11.6 Å². The number of carbonyl (C=O) groups excluding carboxylic acids is 1. The van der Waals surface area contributed by atoms with Crippen molar-refractivity contribution in [1.29, 1.82) is 0 Å². The van der Waals surface area contributed by atoms with E-state index in [1.165, 1.54) is 0 Å². The zero-order valence-electron chi connectivity index (χ0n) is 8.74. The van der Waals surface area contributed by atoms with E-state index in [0.29, 0.717) is 17.1 Å². The summed E-state index contributed by atoms with van der Waals surface area (Å²) in [6.45, 7) is 0.529. The van der Waals surface area contributed by atoms with Crippen molar-refractivity contribution in [2.24, 2.45) is 0 Å². The van der Waals surface area contributed by atoms with E-state index < -0.39 is 0 Å². The van der Waals surface area contributed by atoms with Crippen molar-refractivity contribution < 1.29 is 4.79 Å². The van der Waals surface area contributed by atoms with Crippen LogP contribution in [0.2, 0.25) is 5.02 Å². The van der Waals surface area contributed by atoms with Crippen LogP contribution in [0.3, 0.4) is 0 Å². The van der Waals surface area contributed by atoms with Gasteiger partial charge >= 0.3 is 0 Å². The van der Waals surface area contributed by atoms with Gasteiger partial charge in [-0.2, -0.15) is 11.3 Å². The van der Waals surface area contributed by atoms with E-state index in [2.05, 4.69) is 21.2 Å². The number of hydrogen-bond acceptors (Lipinski definition) is 2. The van der Waals surface area contributed by atoms with Gasteiger partial charge in [-0.1, -0.05) is 11.6 Å². The largest absolute Gasteiger partial charge is 0.348 e. The Morgan fingerprint density at radius 1 is 1.41 bits per heavy atom. The molecule has 0 saturated carbocycles. The van der Waals surface area contributed by atoms with Crippen LogP contribution in [-0.4, -0.2) is 5.91 Å². The molecule has 0 fully saturated rings. The zero-order valence-corrected chi connectivity index (χ0v) is 11.9. The van der Waals surface area contributed by atoms with Crippen molar-refractivity contribution in [1.82, 2.24) is 5.32 Å². The Hall–Kier alpha value is -0.840. The van der Waals surface area contributed by atoms with Crippen LogP contribution in [0.5, 0.6) is 0 Å². The molecule has 1 amide bonds. The Morgan fingerprint density at radius 3 is 2.94 bits per heavy atom. The molecule has 0 spiro atoms. The molecule has 0 aliphatic heterocycles. The van der Waals surface area contributed by atoms with Crippen molar-refractivity contribution in [3.05, 3.63) is 55.6 Å². The van der Waals surface area contributed by atoms with Gasteiger partial charge in [0.25, 0.3) is 5.91 Å². The van der Waals surface area contributed by atoms with Crippen molar-refractivity contribution >= 4 is 44.8 Å². The Labute approximate surface area is 117 Å². The summed E-state index contributed by atoms with van der Waals surface area (Å²) in [5, 5.41) is 7.39. The monoisotopic (exact) mass is 329 g/mol. The molecule has 2 aromatic rings. The van der Waals surface area contributed by atoms with Crippen molar-refractivity contribution in [3.63, 3.8) is 0 Å². The molecular weight excluding hydrogens is 322 g/mol. The van der Waals surface area contributed by atoms with Crippen LogP contribution in [0.25, 0.3) is 0 Å². The number of benzene rings is 1. The van der Waals surface area contributed by atoms with Gasteiger partial charge in [0, 0.05) is 16.0 Å². The van der Waals surface area contributed by atoms with Gasteiger partial charge in [0.05, 0.1) is 5.56 Å². The van der Waals surface area contributed by atoms with Crippen LogP contribution < -0.4 is 5.32 Å². The van der Waals surface area contributed by atoms with Crippen LogP contribution >= 0.6 is 38.9 Å². The second kappa shape index (κ2) is 5.67. The summed E-state index contributed by atoms with van der Waals surface area (Å²) in [4.78, 5) is 11.9. The Bertz CT molecular complexity index is 527. The van der Waals surface area contributed by atoms with Gasteiger partial charge in [-0.05, 0) is 56.5 Å². The molecule has 0 saturated heterocycles. The maximum atomic E-state index is 11.9. The summed E-state index contributed by atoms with van der Waals surface area (Å²) in [5.41, 5.74) is 1.65. The Morgan fingerprint density at radius 2 is 2.24 bits per heavy atom. The lowest BCUT2D eigenvalue weighted by Gasteiger charge is -2.06. The van der Waals surface area contributed by atoms with Crippen LogP contribution in [0, 0.1) is 0 Å². The molecule has 5 heteroatoms. The highest BCUT2D eigenvalue weighted by molar-refractivity contribution is 9.10. The van der Waals surface area contributed by atoms with Gasteiger partial charge in [0.2, 0.25) is 0 Å². The summed E-state index contributed by atoms with van der Waals surface area (Å²) in [5.74, 6) is -0.134. The number of amides is 1. The lowest BCUT2D eigenvalue weighted by Crippen LogP contribution is -2.22.